The number of nitriles is 2. The smallest absolute Gasteiger partial charge is 0.136 e. The Balaban J connectivity index is 2.16. The average Bonchev–Trinajstić information content (AvgIpc) is 2.70. The van der Waals surface area contributed by atoms with Gasteiger partial charge in [-0.25, -0.2) is 4.21 Å². The van der Waals surface area contributed by atoms with Crippen LogP contribution in [0.1, 0.15) is 36.5 Å². The lowest BCUT2D eigenvalue weighted by Crippen LogP contribution is -2.05. The average molecular weight is 370 g/mol. The molecule has 27 heavy (non-hydrogen) atoms. The van der Waals surface area contributed by atoms with Crippen LogP contribution in [0.4, 0.5) is 0 Å². The second-order valence-electron chi connectivity index (χ2n) is 6.48. The molecule has 132 valence electrons. The molecular weight excluding hydrogens is 352 g/mol. The largest absolute Gasteiger partial charge is 0.249 e. The molecule has 1 unspecified atom stereocenters. The Labute approximate surface area is 162 Å². The third-order valence-corrected chi connectivity index (χ3v) is 5.91. The quantitative estimate of drug-likeness (QED) is 0.689. The van der Waals surface area contributed by atoms with Crippen molar-refractivity contribution in [1.29, 1.82) is 10.5 Å². The molecule has 1 aliphatic heterocycles. The van der Waals surface area contributed by atoms with Crippen LogP contribution in [0.5, 0.6) is 0 Å². The molecule has 3 rings (SSSR count). The van der Waals surface area contributed by atoms with E-state index in [1.807, 2.05) is 66.7 Å². The molecule has 0 aromatic heterocycles. The Morgan fingerprint density at radius 1 is 0.852 bits per heavy atom. The molecule has 0 bridgehead atoms. The highest BCUT2D eigenvalue weighted by Crippen LogP contribution is 2.36. The third kappa shape index (κ3) is 3.82. The number of benzene rings is 2. The summed E-state index contributed by atoms with van der Waals surface area (Å²) in [4.78, 5) is 1.20. The van der Waals surface area contributed by atoms with E-state index in [-0.39, 0.29) is 5.57 Å². The van der Waals surface area contributed by atoms with E-state index in [4.69, 9.17) is 0 Å². The SMILES string of the molecule is CC(C)c1ccc(C2=CC(=C(C#N)C#N)C=C(c3ccccc3)S2=O)cc1. The van der Waals surface area contributed by atoms with E-state index in [1.54, 1.807) is 12.2 Å². The summed E-state index contributed by atoms with van der Waals surface area (Å²) < 4.78 is 13.3. The monoisotopic (exact) mass is 370 g/mol. The fourth-order valence-electron chi connectivity index (χ4n) is 2.86. The molecule has 0 N–H and O–H groups in total. The van der Waals surface area contributed by atoms with Crippen molar-refractivity contribution in [2.45, 2.75) is 19.8 Å². The highest BCUT2D eigenvalue weighted by atomic mass is 32.2. The van der Waals surface area contributed by atoms with Gasteiger partial charge in [-0.3, -0.25) is 0 Å². The van der Waals surface area contributed by atoms with E-state index >= 15 is 0 Å². The van der Waals surface area contributed by atoms with Gasteiger partial charge in [-0.1, -0.05) is 68.4 Å². The second-order valence-corrected chi connectivity index (χ2v) is 7.90. The highest BCUT2D eigenvalue weighted by Gasteiger charge is 2.23. The predicted octanol–water partition coefficient (Wildman–Crippen LogP) is 5.30. The lowest BCUT2D eigenvalue weighted by atomic mass is 10.0. The van der Waals surface area contributed by atoms with Crippen LogP contribution >= 0.6 is 0 Å². The van der Waals surface area contributed by atoms with E-state index in [1.165, 1.54) is 5.56 Å². The van der Waals surface area contributed by atoms with Gasteiger partial charge in [0.1, 0.15) is 17.7 Å². The molecule has 3 nitrogen and oxygen atoms in total. The summed E-state index contributed by atoms with van der Waals surface area (Å²) in [5.41, 5.74) is 3.34. The predicted molar refractivity (Wildman–Crippen MR) is 109 cm³/mol. The molecule has 1 heterocycles. The Kier molecular flexibility index (Phi) is 5.50. The van der Waals surface area contributed by atoms with Gasteiger partial charge in [-0.15, -0.1) is 0 Å². The zero-order valence-corrected chi connectivity index (χ0v) is 16.0. The summed E-state index contributed by atoms with van der Waals surface area (Å²) in [5.74, 6) is 0.406. The maximum atomic E-state index is 13.3. The van der Waals surface area contributed by atoms with Gasteiger partial charge in [0.05, 0.1) is 20.6 Å². The second kappa shape index (κ2) is 7.99. The van der Waals surface area contributed by atoms with E-state index in [0.717, 1.165) is 11.1 Å². The van der Waals surface area contributed by atoms with Gasteiger partial charge in [0, 0.05) is 5.57 Å². The van der Waals surface area contributed by atoms with Crippen molar-refractivity contribution in [2.75, 3.05) is 0 Å². The van der Waals surface area contributed by atoms with Crippen LogP contribution in [-0.4, -0.2) is 4.21 Å². The molecule has 0 radical (unpaired) electrons. The van der Waals surface area contributed by atoms with Crippen LogP contribution in [0.3, 0.4) is 0 Å². The first-order chi connectivity index (χ1) is 13.0. The van der Waals surface area contributed by atoms with Crippen molar-refractivity contribution in [1.82, 2.24) is 0 Å². The first-order valence-electron chi connectivity index (χ1n) is 8.60. The van der Waals surface area contributed by atoms with Crippen LogP contribution < -0.4 is 0 Å². The van der Waals surface area contributed by atoms with Crippen LogP contribution in [-0.2, 0) is 10.8 Å². The van der Waals surface area contributed by atoms with Gasteiger partial charge >= 0.3 is 0 Å². The standard InChI is InChI=1S/C23H18N2OS/c1-16(2)17-8-10-19(11-9-17)23-13-20(21(14-24)15-25)12-22(27(23)26)18-6-4-3-5-7-18/h3-13,16H,1-2H3. The van der Waals surface area contributed by atoms with Gasteiger partial charge in [-0.05, 0) is 34.8 Å². The molecule has 4 heteroatoms. The van der Waals surface area contributed by atoms with E-state index in [2.05, 4.69) is 13.8 Å². The minimum absolute atomic E-state index is 0.0106. The maximum absolute atomic E-state index is 13.3. The number of rotatable bonds is 3. The molecule has 0 aliphatic carbocycles. The molecule has 0 fully saturated rings. The Hall–Kier alpha value is -3.21. The Morgan fingerprint density at radius 3 is 1.85 bits per heavy atom. The van der Waals surface area contributed by atoms with E-state index in [0.29, 0.717) is 21.3 Å². The van der Waals surface area contributed by atoms with Crippen LogP contribution in [0.25, 0.3) is 9.81 Å². The Bertz CT molecular complexity index is 1040. The topological polar surface area (TPSA) is 64.7 Å². The first-order valence-corrected chi connectivity index (χ1v) is 9.75. The van der Waals surface area contributed by atoms with Crippen molar-refractivity contribution in [2.24, 2.45) is 0 Å². The number of hydrogen-bond acceptors (Lipinski definition) is 3. The molecule has 2 aromatic carbocycles. The molecule has 0 spiro atoms. The number of nitrogens with zero attached hydrogens (tertiary/aromatic N) is 2. The molecule has 0 saturated heterocycles. The van der Waals surface area contributed by atoms with Crippen molar-refractivity contribution in [3.63, 3.8) is 0 Å². The zero-order valence-electron chi connectivity index (χ0n) is 15.1. The molecule has 0 saturated carbocycles. The highest BCUT2D eigenvalue weighted by molar-refractivity contribution is 8.03. The van der Waals surface area contributed by atoms with Crippen molar-refractivity contribution >= 4 is 20.6 Å². The van der Waals surface area contributed by atoms with Crippen molar-refractivity contribution in [3.05, 3.63) is 94.6 Å². The molecule has 0 amide bonds. The summed E-state index contributed by atoms with van der Waals surface area (Å²) in [5, 5.41) is 18.6. The Morgan fingerprint density at radius 2 is 1.37 bits per heavy atom. The third-order valence-electron chi connectivity index (χ3n) is 4.41. The summed E-state index contributed by atoms with van der Waals surface area (Å²) in [7, 11) is -1.41. The fraction of sp³-hybridized carbons (Fsp3) is 0.130. The van der Waals surface area contributed by atoms with E-state index in [9.17, 15) is 14.7 Å². The molecule has 1 aliphatic rings. The summed E-state index contributed by atoms with van der Waals surface area (Å²) in [6.45, 7) is 4.24. The summed E-state index contributed by atoms with van der Waals surface area (Å²) >= 11 is 0. The minimum atomic E-state index is -1.41. The lowest BCUT2D eigenvalue weighted by molar-refractivity contribution is 0.694. The van der Waals surface area contributed by atoms with Crippen LogP contribution in [0, 0.1) is 22.7 Å². The van der Waals surface area contributed by atoms with Crippen molar-refractivity contribution < 1.29 is 4.21 Å². The lowest BCUT2D eigenvalue weighted by Gasteiger charge is -2.18. The van der Waals surface area contributed by atoms with Gasteiger partial charge in [0.2, 0.25) is 0 Å². The molecular formula is C23H18N2OS. The first kappa shape index (κ1) is 18.6. The maximum Gasteiger partial charge on any atom is 0.136 e. The van der Waals surface area contributed by atoms with Gasteiger partial charge in [0.25, 0.3) is 0 Å². The molecule has 1 atom stereocenters. The van der Waals surface area contributed by atoms with Crippen LogP contribution in [0.15, 0.2) is 77.9 Å². The minimum Gasteiger partial charge on any atom is -0.249 e. The number of allylic oxidation sites excluding steroid dienone is 4. The number of hydrogen-bond donors (Lipinski definition) is 0. The summed E-state index contributed by atoms with van der Waals surface area (Å²) in [6, 6.07) is 21.2. The molecule has 2 aromatic rings. The zero-order chi connectivity index (χ0) is 19.4. The fourth-order valence-corrected chi connectivity index (χ4v) is 4.27. The van der Waals surface area contributed by atoms with Gasteiger partial charge in [-0.2, -0.15) is 10.5 Å². The van der Waals surface area contributed by atoms with Crippen molar-refractivity contribution in [3.8, 4) is 12.1 Å². The normalized spacial score (nSPS) is 16.2. The van der Waals surface area contributed by atoms with Gasteiger partial charge < -0.3 is 0 Å². The van der Waals surface area contributed by atoms with Crippen LogP contribution in [0.2, 0.25) is 0 Å². The van der Waals surface area contributed by atoms with E-state index < -0.39 is 10.8 Å². The van der Waals surface area contributed by atoms with Gasteiger partial charge in [0.15, 0.2) is 0 Å². The summed E-state index contributed by atoms with van der Waals surface area (Å²) in [6.07, 6.45) is 3.37.